The number of rotatable bonds is 7. The van der Waals surface area contributed by atoms with Gasteiger partial charge in [-0.3, -0.25) is 0 Å². The molecule has 398 valence electrons. The fourth-order valence-corrected chi connectivity index (χ4v) is 19.5. The topological polar surface area (TPSA) is 14.8 Å². The van der Waals surface area contributed by atoms with Gasteiger partial charge in [-0.25, -0.2) is 0 Å². The van der Waals surface area contributed by atoms with Crippen LogP contribution < -0.4 is 20.7 Å². The van der Waals surface area contributed by atoms with Crippen LogP contribution in [0.4, 0.5) is 0 Å². The Kier molecular flexibility index (Phi) is 8.58. The first-order valence-corrected chi connectivity index (χ1v) is 30.4. The van der Waals surface area contributed by atoms with Crippen molar-refractivity contribution in [1.82, 2.24) is 13.7 Å². The zero-order valence-electron chi connectivity index (χ0n) is 59.1. The van der Waals surface area contributed by atoms with Gasteiger partial charge in [-0.1, -0.05) is 169 Å². The zero-order chi connectivity index (χ0) is 65.4. The molecule has 0 N–H and O–H groups in total. The van der Waals surface area contributed by atoms with E-state index in [-0.39, 0.29) is 43.9 Å². The molecule has 14 rings (SSSR count). The summed E-state index contributed by atoms with van der Waals surface area (Å²) in [5, 5.41) is 7.78. The van der Waals surface area contributed by atoms with Crippen LogP contribution in [0, 0.1) is 27.4 Å². The highest BCUT2D eigenvalue weighted by Gasteiger charge is 2.46. The molecule has 0 spiro atoms. The highest BCUT2D eigenvalue weighted by Crippen LogP contribution is 2.49. The molecule has 0 atom stereocenters. The van der Waals surface area contributed by atoms with E-state index in [0.29, 0.717) is 55.0 Å². The number of nitrogens with zero attached hydrogens (tertiary/aromatic N) is 3. The van der Waals surface area contributed by atoms with Gasteiger partial charge >= 0.3 is 0 Å². The van der Waals surface area contributed by atoms with Crippen LogP contribution in [-0.4, -0.2) is 21.8 Å². The molecule has 3 nitrogen and oxygen atoms in total. The minimum Gasteiger partial charge on any atom is -0.317 e. The lowest BCUT2D eigenvalue weighted by atomic mass is 9.63. The fraction of sp³-hybridized carbons (Fsp3) is 0.263. The molecule has 0 unspecified atom stereocenters. The van der Waals surface area contributed by atoms with Gasteiger partial charge in [0.15, 0.2) is 8.07 Å². The van der Waals surface area contributed by atoms with Crippen LogP contribution in [0.15, 0.2) is 188 Å². The molecule has 9 aromatic carbocycles. The van der Waals surface area contributed by atoms with Gasteiger partial charge in [-0.2, -0.15) is 0 Å². The summed E-state index contributed by atoms with van der Waals surface area (Å²) in [4.78, 5) is 0. The van der Waals surface area contributed by atoms with Crippen LogP contribution in [0.25, 0.3) is 71.6 Å². The van der Waals surface area contributed by atoms with Crippen LogP contribution in [0.3, 0.4) is 0 Å². The van der Waals surface area contributed by atoms with Gasteiger partial charge in [0.2, 0.25) is 0 Å². The molecular weight excluding hydrogens is 983 g/mol. The second kappa shape index (κ2) is 17.7. The van der Waals surface area contributed by atoms with Gasteiger partial charge in [0.25, 0.3) is 0 Å². The standard InChI is InChI=1S/C76H75N3Si/c1-48-23-29-67-58(37-48)59-38-49(2)24-30-68(59)78(67)53-41-54(79-69-31-25-50(3)39-60(69)61-40-51(4)26-32-70(61)79)43-57(42-53)80(55-19-15-13-16-20-55,56-21-17-14-18-22-56)72-47-77(52-27-28-63-64(44-52)74(7,8)34-33-73(63,5)6)71-46-66-65(45-62(71)72)75(9,10)35-36-76(66,11)12/h13-32,37-47H,33-36H2,1-12H3/i1D3,2D3,3D3,4D3. The predicted octanol–water partition coefficient (Wildman–Crippen LogP) is 17.1. The molecule has 0 radical (unpaired) electrons. The van der Waals surface area contributed by atoms with E-state index in [4.69, 9.17) is 16.4 Å². The molecular formula is C76H75N3Si. The van der Waals surface area contributed by atoms with Gasteiger partial charge in [-0.05, 0) is 209 Å². The van der Waals surface area contributed by atoms with Crippen molar-refractivity contribution in [2.45, 2.75) is 130 Å². The second-order valence-electron chi connectivity index (χ2n) is 25.9. The minimum absolute atomic E-state index is 0.00880. The summed E-state index contributed by atoms with van der Waals surface area (Å²) in [5.74, 6) is 0. The van der Waals surface area contributed by atoms with Gasteiger partial charge in [0, 0.05) is 66.6 Å². The Morgan fingerprint density at radius 1 is 0.338 bits per heavy atom. The van der Waals surface area contributed by atoms with Crippen LogP contribution >= 0.6 is 0 Å². The molecule has 12 aromatic rings. The predicted molar refractivity (Wildman–Crippen MR) is 345 cm³/mol. The Labute approximate surface area is 491 Å². The van der Waals surface area contributed by atoms with Crippen molar-refractivity contribution in [3.63, 3.8) is 0 Å². The number of benzene rings is 9. The largest absolute Gasteiger partial charge is 0.317 e. The van der Waals surface area contributed by atoms with E-state index in [1.165, 1.54) is 22.3 Å². The molecule has 0 bridgehead atoms. The molecule has 3 aromatic heterocycles. The highest BCUT2D eigenvalue weighted by molar-refractivity contribution is 7.20. The summed E-state index contributed by atoms with van der Waals surface area (Å²) in [6.45, 7) is 9.13. The van der Waals surface area contributed by atoms with Crippen molar-refractivity contribution >= 4 is 83.3 Å². The van der Waals surface area contributed by atoms with E-state index >= 15 is 0 Å². The summed E-state index contributed by atoms with van der Waals surface area (Å²) in [6, 6.07) is 61.0. The monoisotopic (exact) mass is 1070 g/mol. The zero-order valence-corrected chi connectivity index (χ0v) is 48.1. The first kappa shape index (κ1) is 38.9. The Morgan fingerprint density at radius 3 is 1.16 bits per heavy atom. The third-order valence-electron chi connectivity index (χ3n) is 19.1. The van der Waals surface area contributed by atoms with Gasteiger partial charge < -0.3 is 13.7 Å². The Balaban J connectivity index is 1.19. The first-order valence-electron chi connectivity index (χ1n) is 34.4. The third kappa shape index (κ3) is 7.57. The first-order chi connectivity index (χ1) is 43.1. The lowest BCUT2D eigenvalue weighted by molar-refractivity contribution is 0.332. The SMILES string of the molecule is [2H]C([2H])([2H])c1ccc2c(c1)c1cc(C([2H])([2H])[2H])ccc1n2-c1cc(-n2c3ccc(C([2H])([2H])[2H])cc3c3cc(C([2H])([2H])[2H])ccc32)cc([Si](c2ccccc2)(c2ccccc2)c2cn(-c3ccc4c(c3)C(C)(C)CCC4(C)C)c3cc4c(cc23)C(C)(C)CCC4(C)C)c1. The molecule has 0 aliphatic heterocycles. The Morgan fingerprint density at radius 2 is 0.738 bits per heavy atom. The summed E-state index contributed by atoms with van der Waals surface area (Å²) in [5.41, 5.74) is 11.7. The highest BCUT2D eigenvalue weighted by atomic mass is 28.3. The van der Waals surface area contributed by atoms with E-state index < -0.39 is 35.5 Å². The number of hydrogen-bond acceptors (Lipinski definition) is 0. The van der Waals surface area contributed by atoms with Gasteiger partial charge in [0.1, 0.15) is 0 Å². The van der Waals surface area contributed by atoms with E-state index in [2.05, 4.69) is 184 Å². The summed E-state index contributed by atoms with van der Waals surface area (Å²) in [7, 11) is -3.82. The van der Waals surface area contributed by atoms with E-state index in [0.717, 1.165) is 63.0 Å². The van der Waals surface area contributed by atoms with E-state index in [1.807, 2.05) is 24.3 Å². The number of aromatic nitrogens is 3. The lowest BCUT2D eigenvalue weighted by Gasteiger charge is -2.42. The molecule has 0 saturated carbocycles. The van der Waals surface area contributed by atoms with Crippen LogP contribution in [0.5, 0.6) is 0 Å². The third-order valence-corrected chi connectivity index (χ3v) is 23.9. The molecule has 4 heteroatoms. The van der Waals surface area contributed by atoms with Crippen molar-refractivity contribution in [1.29, 1.82) is 0 Å². The van der Waals surface area contributed by atoms with Crippen LogP contribution in [0.2, 0.25) is 0 Å². The van der Waals surface area contributed by atoms with Crippen LogP contribution in [-0.2, 0) is 21.7 Å². The minimum atomic E-state index is -3.82. The second-order valence-corrected chi connectivity index (χ2v) is 29.7. The van der Waals surface area contributed by atoms with Crippen molar-refractivity contribution in [3.05, 3.63) is 233 Å². The number of fused-ring (bicyclic) bond motifs is 9. The van der Waals surface area contributed by atoms with E-state index in [1.54, 1.807) is 48.5 Å². The van der Waals surface area contributed by atoms with Crippen LogP contribution in [0.1, 0.15) is 142 Å². The molecule has 2 aliphatic rings. The van der Waals surface area contributed by atoms with E-state index in [9.17, 15) is 0 Å². The van der Waals surface area contributed by atoms with Gasteiger partial charge in [-0.15, -0.1) is 0 Å². The molecule has 0 saturated heterocycles. The lowest BCUT2D eigenvalue weighted by Crippen LogP contribution is -2.74. The average Bonchev–Trinajstić information content (AvgIpc) is 1.44. The molecule has 0 fully saturated rings. The Hall–Kier alpha value is -7.66. The maximum Gasteiger partial charge on any atom is 0.182 e. The molecule has 0 amide bonds. The quantitative estimate of drug-likeness (QED) is 0.112. The number of aryl methyl sites for hydroxylation is 4. The summed E-state index contributed by atoms with van der Waals surface area (Å²) >= 11 is 0. The number of hydrogen-bond donors (Lipinski definition) is 0. The van der Waals surface area contributed by atoms with Crippen molar-refractivity contribution in [3.8, 4) is 17.1 Å². The van der Waals surface area contributed by atoms with Crippen molar-refractivity contribution in [2.24, 2.45) is 0 Å². The maximum atomic E-state index is 8.60. The molecule has 80 heavy (non-hydrogen) atoms. The Bertz CT molecular complexity index is 4640. The summed E-state index contributed by atoms with van der Waals surface area (Å²) < 4.78 is 110. The average molecular weight is 1070 g/mol. The summed E-state index contributed by atoms with van der Waals surface area (Å²) in [6.07, 6.45) is 6.63. The fourth-order valence-electron chi connectivity index (χ4n) is 14.5. The van der Waals surface area contributed by atoms with Crippen molar-refractivity contribution in [2.75, 3.05) is 0 Å². The van der Waals surface area contributed by atoms with Crippen molar-refractivity contribution < 1.29 is 16.4 Å². The normalized spacial score (nSPS) is 19.3. The maximum absolute atomic E-state index is 8.60. The van der Waals surface area contributed by atoms with Gasteiger partial charge in [0.05, 0.1) is 27.6 Å². The smallest absolute Gasteiger partial charge is 0.182 e. The molecule has 3 heterocycles. The molecule has 2 aliphatic carbocycles.